The molecule has 1 aliphatic carbocycles. The molecule has 0 spiro atoms. The molecule has 1 saturated carbocycles. The van der Waals surface area contributed by atoms with E-state index in [1.165, 1.54) is 13.2 Å². The van der Waals surface area contributed by atoms with Crippen molar-refractivity contribution >= 4 is 23.5 Å². The summed E-state index contributed by atoms with van der Waals surface area (Å²) >= 11 is 0. The summed E-state index contributed by atoms with van der Waals surface area (Å²) in [6.45, 7) is 6.51. The lowest BCUT2D eigenvalue weighted by Crippen LogP contribution is -2.58. The molecule has 1 fully saturated rings. The summed E-state index contributed by atoms with van der Waals surface area (Å²) in [6.07, 6.45) is 2.01. The van der Waals surface area contributed by atoms with Crippen LogP contribution in [0.25, 0.3) is 0 Å². The highest BCUT2D eigenvalue weighted by Crippen LogP contribution is 2.47. The fraction of sp³-hybridized carbons (Fsp3) is 0.682. The molecule has 3 atom stereocenters. The third-order valence-corrected chi connectivity index (χ3v) is 5.57. The highest BCUT2D eigenvalue weighted by molar-refractivity contribution is 5.98. The van der Waals surface area contributed by atoms with Crippen LogP contribution in [0.4, 0.5) is 0 Å². The first-order valence-corrected chi connectivity index (χ1v) is 11.0. The van der Waals surface area contributed by atoms with Gasteiger partial charge in [0.1, 0.15) is 17.8 Å². The van der Waals surface area contributed by atoms with Gasteiger partial charge in [0.2, 0.25) is 11.8 Å². The lowest BCUT2D eigenvalue weighted by molar-refractivity contribution is -0.134. The van der Waals surface area contributed by atoms with E-state index in [1.54, 1.807) is 6.92 Å². The van der Waals surface area contributed by atoms with Gasteiger partial charge in [-0.3, -0.25) is 19.2 Å². The second kappa shape index (κ2) is 11.4. The quantitative estimate of drug-likeness (QED) is 0.319. The number of hydrogen-bond acceptors (Lipinski definition) is 8. The number of hydrogen-bond donors (Lipinski definition) is 4. The Kier molecular flexibility index (Phi) is 9.12. The second-order valence-electron chi connectivity index (χ2n) is 9.16. The number of aromatic nitrogens is 1. The number of methoxy groups -OCH3 is 1. The molecule has 0 aliphatic heterocycles. The second-order valence-corrected chi connectivity index (χ2v) is 9.16. The summed E-state index contributed by atoms with van der Waals surface area (Å²) in [4.78, 5) is 50.7. The summed E-state index contributed by atoms with van der Waals surface area (Å²) in [5.41, 5.74) is -0.445. The predicted octanol–water partition coefficient (Wildman–Crippen LogP) is 0.105. The van der Waals surface area contributed by atoms with Crippen LogP contribution in [0.5, 0.6) is 0 Å². The molecule has 3 amide bonds. The zero-order chi connectivity index (χ0) is 24.8. The first-order chi connectivity index (χ1) is 15.5. The van der Waals surface area contributed by atoms with Crippen molar-refractivity contribution in [3.8, 4) is 0 Å². The van der Waals surface area contributed by atoms with Crippen LogP contribution in [-0.4, -0.2) is 72.2 Å². The van der Waals surface area contributed by atoms with Gasteiger partial charge in [-0.2, -0.15) is 0 Å². The van der Waals surface area contributed by atoms with Gasteiger partial charge in [0, 0.05) is 18.6 Å². The molecule has 11 heteroatoms. The van der Waals surface area contributed by atoms with Gasteiger partial charge in [-0.15, -0.1) is 0 Å². The van der Waals surface area contributed by atoms with Crippen molar-refractivity contribution in [3.63, 3.8) is 0 Å². The van der Waals surface area contributed by atoms with Crippen molar-refractivity contribution in [2.75, 3.05) is 20.3 Å². The minimum atomic E-state index is -1.31. The van der Waals surface area contributed by atoms with Crippen molar-refractivity contribution < 1.29 is 33.5 Å². The van der Waals surface area contributed by atoms with Crippen molar-refractivity contribution in [2.45, 2.75) is 65.1 Å². The van der Waals surface area contributed by atoms with Crippen LogP contribution in [0.3, 0.4) is 0 Å². The summed E-state index contributed by atoms with van der Waals surface area (Å²) in [7, 11) is 1.35. The topological polar surface area (TPSA) is 160 Å². The SMILES string of the molecule is COC[C@H](NC(=O)c1cc(C)on1)C(=O)N[C@@H](CO)C(=O)N[C@@H](CC(C)C)C(=O)C1(C)CC1. The number of nitrogens with one attached hydrogen (secondary N) is 3. The number of aliphatic hydroxyl groups is 1. The fourth-order valence-corrected chi connectivity index (χ4v) is 3.35. The lowest BCUT2D eigenvalue weighted by atomic mass is 9.91. The Hall–Kier alpha value is -2.79. The van der Waals surface area contributed by atoms with E-state index in [0.717, 1.165) is 12.8 Å². The maximum Gasteiger partial charge on any atom is 0.274 e. The van der Waals surface area contributed by atoms with E-state index in [1.807, 2.05) is 20.8 Å². The van der Waals surface area contributed by atoms with Crippen molar-refractivity contribution in [2.24, 2.45) is 11.3 Å². The van der Waals surface area contributed by atoms with Crippen LogP contribution in [0.15, 0.2) is 10.6 Å². The molecule has 0 unspecified atom stereocenters. The number of Topliss-reactive ketones (excluding diaryl/α,β-unsaturated/α-hetero) is 1. The molecule has 0 radical (unpaired) electrons. The zero-order valence-corrected chi connectivity index (χ0v) is 19.8. The molecule has 0 saturated heterocycles. The standard InChI is InChI=1S/C22H34N4O7/c1-12(2)8-14(18(28)22(4)6-7-22)23-20(30)16(10-27)24-21(31)17(11-32-5)25-19(29)15-9-13(3)33-26-15/h9,12,14,16-17,27H,6-8,10-11H2,1-5H3,(H,23,30)(H,24,31)(H,25,29)/t14-,16-,17-/m0/s1. The van der Waals surface area contributed by atoms with Gasteiger partial charge in [-0.05, 0) is 32.1 Å². The number of ketones is 1. The van der Waals surface area contributed by atoms with E-state index in [9.17, 15) is 24.3 Å². The number of aliphatic hydroxyl groups excluding tert-OH is 1. The van der Waals surface area contributed by atoms with Gasteiger partial charge in [0.25, 0.3) is 5.91 Å². The number of carbonyl (C=O) groups excluding carboxylic acids is 4. The number of nitrogens with zero attached hydrogens (tertiary/aromatic N) is 1. The summed E-state index contributed by atoms with van der Waals surface area (Å²) < 4.78 is 9.86. The molecular formula is C22H34N4O7. The van der Waals surface area contributed by atoms with Crippen molar-refractivity contribution in [1.82, 2.24) is 21.1 Å². The average Bonchev–Trinajstić information content (AvgIpc) is 3.35. The van der Waals surface area contributed by atoms with Gasteiger partial charge in [0.05, 0.1) is 19.3 Å². The number of amides is 3. The molecule has 0 bridgehead atoms. The lowest BCUT2D eigenvalue weighted by Gasteiger charge is -2.26. The maximum absolute atomic E-state index is 12.8. The zero-order valence-electron chi connectivity index (χ0n) is 19.8. The van der Waals surface area contributed by atoms with Gasteiger partial charge in [-0.25, -0.2) is 0 Å². The molecular weight excluding hydrogens is 432 g/mol. The van der Waals surface area contributed by atoms with Crippen LogP contribution in [-0.2, 0) is 19.1 Å². The normalized spacial score (nSPS) is 17.1. The minimum absolute atomic E-state index is 0.0125. The Bertz CT molecular complexity index is 863. The van der Waals surface area contributed by atoms with Crippen LogP contribution < -0.4 is 16.0 Å². The third kappa shape index (κ3) is 7.36. The minimum Gasteiger partial charge on any atom is -0.394 e. The Morgan fingerprint density at radius 3 is 2.21 bits per heavy atom. The molecule has 1 aliphatic rings. The molecule has 33 heavy (non-hydrogen) atoms. The Labute approximate surface area is 193 Å². The molecule has 0 aromatic carbocycles. The Balaban J connectivity index is 2.04. The number of aryl methyl sites for hydroxylation is 1. The monoisotopic (exact) mass is 466 g/mol. The Morgan fingerprint density at radius 1 is 1.12 bits per heavy atom. The highest BCUT2D eigenvalue weighted by Gasteiger charge is 2.48. The average molecular weight is 467 g/mol. The molecule has 2 rings (SSSR count). The first-order valence-electron chi connectivity index (χ1n) is 11.0. The number of carbonyl (C=O) groups is 4. The largest absolute Gasteiger partial charge is 0.394 e. The van der Waals surface area contributed by atoms with Crippen molar-refractivity contribution in [1.29, 1.82) is 0 Å². The summed E-state index contributed by atoms with van der Waals surface area (Å²) in [5.74, 6) is -1.53. The molecule has 11 nitrogen and oxygen atoms in total. The van der Waals surface area contributed by atoms with Gasteiger partial charge >= 0.3 is 0 Å². The molecule has 1 aromatic heterocycles. The number of rotatable bonds is 13. The van der Waals surface area contributed by atoms with E-state index in [-0.39, 0.29) is 24.0 Å². The van der Waals surface area contributed by atoms with Gasteiger partial charge in [-0.1, -0.05) is 25.9 Å². The van der Waals surface area contributed by atoms with Crippen molar-refractivity contribution in [3.05, 3.63) is 17.5 Å². The maximum atomic E-state index is 12.8. The molecule has 1 aromatic rings. The third-order valence-electron chi connectivity index (χ3n) is 5.57. The van der Waals surface area contributed by atoms with E-state index < -0.39 is 47.9 Å². The van der Waals surface area contributed by atoms with Crippen LogP contribution >= 0.6 is 0 Å². The first kappa shape index (κ1) is 26.5. The number of ether oxygens (including phenoxy) is 1. The van der Waals surface area contributed by atoms with E-state index in [0.29, 0.717) is 12.2 Å². The predicted molar refractivity (Wildman–Crippen MR) is 117 cm³/mol. The van der Waals surface area contributed by atoms with E-state index in [4.69, 9.17) is 9.26 Å². The smallest absolute Gasteiger partial charge is 0.274 e. The van der Waals surface area contributed by atoms with Crippen LogP contribution in [0.1, 0.15) is 56.3 Å². The van der Waals surface area contributed by atoms with E-state index in [2.05, 4.69) is 21.1 Å². The molecule has 184 valence electrons. The van der Waals surface area contributed by atoms with Gasteiger partial charge < -0.3 is 30.3 Å². The van der Waals surface area contributed by atoms with E-state index >= 15 is 0 Å². The van der Waals surface area contributed by atoms with Gasteiger partial charge in [0.15, 0.2) is 11.5 Å². The summed E-state index contributed by atoms with van der Waals surface area (Å²) in [5, 5.41) is 20.9. The van der Waals surface area contributed by atoms with Crippen LogP contribution in [0.2, 0.25) is 0 Å². The molecule has 4 N–H and O–H groups in total. The van der Waals surface area contributed by atoms with Crippen LogP contribution in [0, 0.1) is 18.3 Å². The Morgan fingerprint density at radius 2 is 1.73 bits per heavy atom. The summed E-state index contributed by atoms with van der Waals surface area (Å²) in [6, 6.07) is -1.76. The fourth-order valence-electron chi connectivity index (χ4n) is 3.35. The molecule has 1 heterocycles. The highest BCUT2D eigenvalue weighted by atomic mass is 16.5.